The lowest BCUT2D eigenvalue weighted by molar-refractivity contribution is 0.593. The molecule has 0 unspecified atom stereocenters. The molecule has 0 spiro atoms. The molecule has 1 saturated heterocycles. The highest BCUT2D eigenvalue weighted by Crippen LogP contribution is 2.23. The van der Waals surface area contributed by atoms with Gasteiger partial charge in [0.25, 0.3) is 0 Å². The van der Waals surface area contributed by atoms with Crippen LogP contribution in [0.5, 0.6) is 0 Å². The largest absolute Gasteiger partial charge is 0.366 e. The lowest BCUT2D eigenvalue weighted by atomic mass is 10.2. The standard InChI is InChI=1S/C15H16BrFN4/c16-11-12-2-3-14(13(17)10-12)20-6-8-21(9-7-20)15-18-4-1-5-19-15/h1-5,10H,6-9,11H2. The molecule has 1 aliphatic heterocycles. The van der Waals surface area contributed by atoms with Gasteiger partial charge in [0.1, 0.15) is 5.82 Å². The molecule has 0 amide bonds. The van der Waals surface area contributed by atoms with Gasteiger partial charge in [-0.3, -0.25) is 0 Å². The first-order valence-electron chi connectivity index (χ1n) is 6.89. The maximum absolute atomic E-state index is 14.1. The van der Waals surface area contributed by atoms with E-state index in [0.29, 0.717) is 11.0 Å². The molecule has 2 aromatic rings. The normalized spacial score (nSPS) is 15.3. The number of hydrogen-bond donors (Lipinski definition) is 0. The van der Waals surface area contributed by atoms with Crippen LogP contribution in [0.15, 0.2) is 36.7 Å². The average Bonchev–Trinajstić information content (AvgIpc) is 2.56. The van der Waals surface area contributed by atoms with Gasteiger partial charge in [-0.05, 0) is 23.8 Å². The lowest BCUT2D eigenvalue weighted by Crippen LogP contribution is -2.47. The molecule has 1 aromatic heterocycles. The quantitative estimate of drug-likeness (QED) is 0.796. The Kier molecular flexibility index (Phi) is 4.34. The van der Waals surface area contributed by atoms with Gasteiger partial charge in [-0.1, -0.05) is 22.0 Å². The van der Waals surface area contributed by atoms with Crippen molar-refractivity contribution >= 4 is 27.6 Å². The molecule has 6 heteroatoms. The van der Waals surface area contributed by atoms with Gasteiger partial charge in [-0.2, -0.15) is 0 Å². The number of halogens is 2. The van der Waals surface area contributed by atoms with Crippen LogP contribution in [0.4, 0.5) is 16.0 Å². The molecular weight excluding hydrogens is 335 g/mol. The van der Waals surface area contributed by atoms with Crippen molar-refractivity contribution in [2.45, 2.75) is 5.33 Å². The predicted molar refractivity (Wildman–Crippen MR) is 85.5 cm³/mol. The predicted octanol–water partition coefficient (Wildman–Crippen LogP) is 2.84. The number of aromatic nitrogens is 2. The van der Waals surface area contributed by atoms with Gasteiger partial charge in [0.15, 0.2) is 0 Å². The Morgan fingerprint density at radius 3 is 2.33 bits per heavy atom. The molecule has 0 radical (unpaired) electrons. The minimum Gasteiger partial charge on any atom is -0.366 e. The summed E-state index contributed by atoms with van der Waals surface area (Å²) in [5.41, 5.74) is 1.63. The number of anilines is 2. The van der Waals surface area contributed by atoms with Crippen LogP contribution in [-0.4, -0.2) is 36.1 Å². The summed E-state index contributed by atoms with van der Waals surface area (Å²) in [7, 11) is 0. The summed E-state index contributed by atoms with van der Waals surface area (Å²) in [5, 5.41) is 0.670. The fourth-order valence-electron chi connectivity index (χ4n) is 2.49. The van der Waals surface area contributed by atoms with E-state index in [-0.39, 0.29) is 5.82 Å². The van der Waals surface area contributed by atoms with Crippen LogP contribution >= 0.6 is 15.9 Å². The third-order valence-corrected chi connectivity index (χ3v) is 4.27. The van der Waals surface area contributed by atoms with Crippen LogP contribution in [0.2, 0.25) is 0 Å². The van der Waals surface area contributed by atoms with Gasteiger partial charge in [-0.15, -0.1) is 0 Å². The van der Waals surface area contributed by atoms with Gasteiger partial charge in [-0.25, -0.2) is 14.4 Å². The number of piperazine rings is 1. The zero-order chi connectivity index (χ0) is 14.7. The van der Waals surface area contributed by atoms with Crippen molar-refractivity contribution in [3.8, 4) is 0 Å². The average molecular weight is 351 g/mol. The number of nitrogens with zero attached hydrogens (tertiary/aromatic N) is 4. The van der Waals surface area contributed by atoms with Crippen LogP contribution in [0, 0.1) is 5.82 Å². The summed E-state index contributed by atoms with van der Waals surface area (Å²) in [6.45, 7) is 3.12. The summed E-state index contributed by atoms with van der Waals surface area (Å²) in [4.78, 5) is 12.7. The van der Waals surface area contributed by atoms with Crippen molar-refractivity contribution in [3.63, 3.8) is 0 Å². The second kappa shape index (κ2) is 6.39. The molecule has 3 rings (SSSR count). The van der Waals surface area contributed by atoms with E-state index < -0.39 is 0 Å². The van der Waals surface area contributed by atoms with Crippen LogP contribution in [0.25, 0.3) is 0 Å². The van der Waals surface area contributed by atoms with Gasteiger partial charge in [0.2, 0.25) is 5.95 Å². The number of benzene rings is 1. The highest BCUT2D eigenvalue weighted by Gasteiger charge is 2.20. The van der Waals surface area contributed by atoms with E-state index in [1.807, 2.05) is 12.1 Å². The Hall–Kier alpha value is -1.69. The van der Waals surface area contributed by atoms with Crippen LogP contribution in [-0.2, 0) is 5.33 Å². The van der Waals surface area contributed by atoms with E-state index in [1.165, 1.54) is 0 Å². The maximum Gasteiger partial charge on any atom is 0.225 e. The van der Waals surface area contributed by atoms with Crippen LogP contribution < -0.4 is 9.80 Å². The smallest absolute Gasteiger partial charge is 0.225 e. The van der Waals surface area contributed by atoms with Crippen molar-refractivity contribution in [1.82, 2.24) is 9.97 Å². The van der Waals surface area contributed by atoms with Gasteiger partial charge >= 0.3 is 0 Å². The minimum absolute atomic E-state index is 0.156. The molecule has 1 aliphatic rings. The molecule has 0 saturated carbocycles. The molecule has 110 valence electrons. The van der Waals surface area contributed by atoms with E-state index >= 15 is 0 Å². The van der Waals surface area contributed by atoms with Crippen molar-refractivity contribution in [2.24, 2.45) is 0 Å². The summed E-state index contributed by atoms with van der Waals surface area (Å²) < 4.78 is 14.1. The molecule has 1 fully saturated rings. The number of alkyl halides is 1. The first kappa shape index (κ1) is 14.3. The summed E-state index contributed by atoms with van der Waals surface area (Å²) in [5.74, 6) is 0.587. The molecule has 0 N–H and O–H groups in total. The minimum atomic E-state index is -0.156. The highest BCUT2D eigenvalue weighted by molar-refractivity contribution is 9.08. The summed E-state index contributed by atoms with van der Waals surface area (Å²) >= 11 is 3.35. The Morgan fingerprint density at radius 2 is 1.71 bits per heavy atom. The first-order valence-corrected chi connectivity index (χ1v) is 8.01. The zero-order valence-electron chi connectivity index (χ0n) is 11.5. The van der Waals surface area contributed by atoms with E-state index in [2.05, 4.69) is 35.7 Å². The molecular formula is C15H16BrFN4. The van der Waals surface area contributed by atoms with Gasteiger partial charge in [0.05, 0.1) is 5.69 Å². The van der Waals surface area contributed by atoms with Crippen molar-refractivity contribution in [2.75, 3.05) is 36.0 Å². The molecule has 1 aromatic carbocycles. The first-order chi connectivity index (χ1) is 10.3. The number of rotatable bonds is 3. The molecule has 0 atom stereocenters. The molecule has 0 bridgehead atoms. The van der Waals surface area contributed by atoms with E-state index in [4.69, 9.17) is 0 Å². The molecule has 21 heavy (non-hydrogen) atoms. The second-order valence-corrected chi connectivity index (χ2v) is 5.50. The fourth-order valence-corrected chi connectivity index (χ4v) is 2.84. The van der Waals surface area contributed by atoms with Gasteiger partial charge in [0, 0.05) is 43.9 Å². The molecule has 4 nitrogen and oxygen atoms in total. The Bertz CT molecular complexity index is 600. The second-order valence-electron chi connectivity index (χ2n) is 4.94. The van der Waals surface area contributed by atoms with Gasteiger partial charge < -0.3 is 9.80 Å². The van der Waals surface area contributed by atoms with Crippen molar-refractivity contribution in [3.05, 3.63) is 48.0 Å². The van der Waals surface area contributed by atoms with Crippen LogP contribution in [0.3, 0.4) is 0 Å². The number of hydrogen-bond acceptors (Lipinski definition) is 4. The topological polar surface area (TPSA) is 32.3 Å². The van der Waals surface area contributed by atoms with Crippen molar-refractivity contribution < 1.29 is 4.39 Å². The van der Waals surface area contributed by atoms with E-state index in [1.54, 1.807) is 24.5 Å². The Balaban J connectivity index is 1.68. The summed E-state index contributed by atoms with van der Waals surface area (Å²) in [6.07, 6.45) is 3.49. The third kappa shape index (κ3) is 3.15. The molecule has 0 aliphatic carbocycles. The zero-order valence-corrected chi connectivity index (χ0v) is 13.1. The van der Waals surface area contributed by atoms with Crippen LogP contribution in [0.1, 0.15) is 5.56 Å². The van der Waals surface area contributed by atoms with E-state index in [9.17, 15) is 4.39 Å². The third-order valence-electron chi connectivity index (χ3n) is 3.62. The SMILES string of the molecule is Fc1cc(CBr)ccc1N1CCN(c2ncccn2)CC1. The fraction of sp³-hybridized carbons (Fsp3) is 0.333. The lowest BCUT2D eigenvalue weighted by Gasteiger charge is -2.36. The highest BCUT2D eigenvalue weighted by atomic mass is 79.9. The Morgan fingerprint density at radius 1 is 1.05 bits per heavy atom. The molecule has 2 heterocycles. The monoisotopic (exact) mass is 350 g/mol. The van der Waals surface area contributed by atoms with Crippen molar-refractivity contribution in [1.29, 1.82) is 0 Å². The maximum atomic E-state index is 14.1. The summed E-state index contributed by atoms with van der Waals surface area (Å²) in [6, 6.07) is 7.22. The Labute approximate surface area is 131 Å². The van der Waals surface area contributed by atoms with E-state index in [0.717, 1.165) is 37.7 Å².